The van der Waals surface area contributed by atoms with E-state index in [0.717, 1.165) is 19.6 Å². The maximum absolute atomic E-state index is 3.70. The van der Waals surface area contributed by atoms with E-state index in [1.165, 1.54) is 29.8 Å². The molecule has 0 amide bonds. The molecule has 18 heavy (non-hydrogen) atoms. The van der Waals surface area contributed by atoms with Gasteiger partial charge in [-0.15, -0.1) is 11.3 Å². The van der Waals surface area contributed by atoms with E-state index in [1.807, 2.05) is 11.3 Å². The summed E-state index contributed by atoms with van der Waals surface area (Å²) >= 11 is 1.86. The molecule has 3 heteroatoms. The molecule has 0 aliphatic carbocycles. The van der Waals surface area contributed by atoms with Crippen molar-refractivity contribution in [2.75, 3.05) is 26.2 Å². The second-order valence-electron chi connectivity index (χ2n) is 4.75. The highest BCUT2D eigenvalue weighted by Crippen LogP contribution is 2.25. The van der Waals surface area contributed by atoms with Gasteiger partial charge in [-0.1, -0.05) is 20.8 Å². The lowest BCUT2D eigenvalue weighted by atomic mass is 10.0. The van der Waals surface area contributed by atoms with Gasteiger partial charge in [0.25, 0.3) is 0 Å². The van der Waals surface area contributed by atoms with Crippen LogP contribution in [0.15, 0.2) is 11.4 Å². The molecule has 1 aromatic rings. The van der Waals surface area contributed by atoms with Crippen molar-refractivity contribution in [1.82, 2.24) is 10.2 Å². The van der Waals surface area contributed by atoms with Gasteiger partial charge in [-0.25, -0.2) is 0 Å². The van der Waals surface area contributed by atoms with Gasteiger partial charge < -0.3 is 10.2 Å². The van der Waals surface area contributed by atoms with Crippen molar-refractivity contribution in [3.8, 4) is 0 Å². The molecule has 1 aromatic heterocycles. The van der Waals surface area contributed by atoms with Crippen LogP contribution in [0, 0.1) is 6.92 Å². The third kappa shape index (κ3) is 4.71. The Morgan fingerprint density at radius 3 is 2.50 bits per heavy atom. The fraction of sp³-hybridized carbons (Fsp3) is 0.733. The van der Waals surface area contributed by atoms with Crippen LogP contribution in [-0.4, -0.2) is 31.1 Å². The Labute approximate surface area is 116 Å². The number of hydrogen-bond acceptors (Lipinski definition) is 3. The molecule has 1 heterocycles. The highest BCUT2D eigenvalue weighted by molar-refractivity contribution is 7.10. The molecule has 1 unspecified atom stereocenters. The summed E-state index contributed by atoms with van der Waals surface area (Å²) in [5, 5.41) is 5.91. The molecule has 1 N–H and O–H groups in total. The van der Waals surface area contributed by atoms with Gasteiger partial charge in [0, 0.05) is 10.9 Å². The van der Waals surface area contributed by atoms with E-state index in [1.54, 1.807) is 0 Å². The zero-order valence-electron chi connectivity index (χ0n) is 12.3. The van der Waals surface area contributed by atoms with Gasteiger partial charge in [0.15, 0.2) is 0 Å². The standard InChI is InChI=1S/C15H28N2S/c1-5-10-16-15(8-11-17(6-2)7-3)14-9-12-18-13(14)4/h9,12,15-16H,5-8,10-11H2,1-4H3. The number of hydrogen-bond donors (Lipinski definition) is 1. The van der Waals surface area contributed by atoms with Crippen molar-refractivity contribution < 1.29 is 0 Å². The summed E-state index contributed by atoms with van der Waals surface area (Å²) in [6, 6.07) is 2.81. The van der Waals surface area contributed by atoms with Gasteiger partial charge in [0.05, 0.1) is 0 Å². The molecule has 0 fully saturated rings. The average Bonchev–Trinajstić information content (AvgIpc) is 2.80. The molecule has 2 nitrogen and oxygen atoms in total. The average molecular weight is 268 g/mol. The molecule has 0 aromatic carbocycles. The summed E-state index contributed by atoms with van der Waals surface area (Å²) in [4.78, 5) is 3.96. The van der Waals surface area contributed by atoms with E-state index in [-0.39, 0.29) is 0 Å². The van der Waals surface area contributed by atoms with E-state index in [0.29, 0.717) is 6.04 Å². The fourth-order valence-electron chi connectivity index (χ4n) is 2.29. The summed E-state index contributed by atoms with van der Waals surface area (Å²) in [5.74, 6) is 0. The van der Waals surface area contributed by atoms with E-state index in [4.69, 9.17) is 0 Å². The fourth-order valence-corrected chi connectivity index (χ4v) is 3.06. The molecule has 1 rings (SSSR count). The van der Waals surface area contributed by atoms with Crippen LogP contribution in [0.25, 0.3) is 0 Å². The molecule has 0 radical (unpaired) electrons. The number of thiophene rings is 1. The molecule has 0 aliphatic heterocycles. The minimum atomic E-state index is 0.525. The van der Waals surface area contributed by atoms with Crippen molar-refractivity contribution in [3.63, 3.8) is 0 Å². The van der Waals surface area contributed by atoms with Crippen LogP contribution >= 0.6 is 11.3 Å². The maximum Gasteiger partial charge on any atom is 0.0343 e. The Kier molecular flexibility index (Phi) is 7.56. The maximum atomic E-state index is 3.70. The predicted molar refractivity (Wildman–Crippen MR) is 82.5 cm³/mol. The molecule has 104 valence electrons. The van der Waals surface area contributed by atoms with Gasteiger partial charge in [0.2, 0.25) is 0 Å². The van der Waals surface area contributed by atoms with Crippen molar-refractivity contribution in [2.24, 2.45) is 0 Å². The Balaban J connectivity index is 2.59. The highest BCUT2D eigenvalue weighted by atomic mass is 32.1. The lowest BCUT2D eigenvalue weighted by Crippen LogP contribution is -2.30. The molecular weight excluding hydrogens is 240 g/mol. The first kappa shape index (κ1) is 15.7. The van der Waals surface area contributed by atoms with Crippen LogP contribution in [0.5, 0.6) is 0 Å². The van der Waals surface area contributed by atoms with Gasteiger partial charge in [-0.05, 0) is 63.0 Å². The smallest absolute Gasteiger partial charge is 0.0343 e. The van der Waals surface area contributed by atoms with Crippen LogP contribution in [0.4, 0.5) is 0 Å². The topological polar surface area (TPSA) is 15.3 Å². The first-order valence-electron chi connectivity index (χ1n) is 7.22. The number of nitrogens with one attached hydrogen (secondary N) is 1. The van der Waals surface area contributed by atoms with E-state index in [9.17, 15) is 0 Å². The molecule has 0 saturated heterocycles. The van der Waals surface area contributed by atoms with E-state index >= 15 is 0 Å². The lowest BCUT2D eigenvalue weighted by Gasteiger charge is -2.24. The molecule has 0 spiro atoms. The Bertz CT molecular complexity index is 318. The van der Waals surface area contributed by atoms with Crippen molar-refractivity contribution in [2.45, 2.75) is 46.6 Å². The first-order valence-corrected chi connectivity index (χ1v) is 8.10. The minimum Gasteiger partial charge on any atom is -0.310 e. The number of nitrogens with zero attached hydrogens (tertiary/aromatic N) is 1. The summed E-state index contributed by atoms with van der Waals surface area (Å²) in [5.41, 5.74) is 1.50. The van der Waals surface area contributed by atoms with Crippen LogP contribution in [-0.2, 0) is 0 Å². The zero-order chi connectivity index (χ0) is 13.4. The molecule has 0 saturated carbocycles. The Hall–Kier alpha value is -0.380. The monoisotopic (exact) mass is 268 g/mol. The van der Waals surface area contributed by atoms with Crippen LogP contribution in [0.1, 0.15) is 50.1 Å². The normalized spacial score (nSPS) is 13.2. The van der Waals surface area contributed by atoms with Gasteiger partial charge in [-0.2, -0.15) is 0 Å². The third-order valence-corrected chi connectivity index (χ3v) is 4.40. The van der Waals surface area contributed by atoms with Gasteiger partial charge in [-0.3, -0.25) is 0 Å². The summed E-state index contributed by atoms with van der Waals surface area (Å²) in [7, 11) is 0. The van der Waals surface area contributed by atoms with Crippen LogP contribution in [0.2, 0.25) is 0 Å². The SMILES string of the molecule is CCCNC(CCN(CC)CC)c1ccsc1C. The molecular formula is C15H28N2S. The highest BCUT2D eigenvalue weighted by Gasteiger charge is 2.14. The van der Waals surface area contributed by atoms with E-state index in [2.05, 4.69) is 49.4 Å². The Morgan fingerprint density at radius 1 is 1.28 bits per heavy atom. The predicted octanol–water partition coefficient (Wildman–Crippen LogP) is 3.83. The second-order valence-corrected chi connectivity index (χ2v) is 5.87. The number of rotatable bonds is 9. The second kappa shape index (κ2) is 8.68. The van der Waals surface area contributed by atoms with Gasteiger partial charge >= 0.3 is 0 Å². The summed E-state index contributed by atoms with van der Waals surface area (Å²) in [6.45, 7) is 13.6. The summed E-state index contributed by atoms with van der Waals surface area (Å²) < 4.78 is 0. The van der Waals surface area contributed by atoms with Crippen molar-refractivity contribution >= 4 is 11.3 Å². The van der Waals surface area contributed by atoms with E-state index < -0.39 is 0 Å². The van der Waals surface area contributed by atoms with Crippen LogP contribution < -0.4 is 5.32 Å². The molecule has 0 aliphatic rings. The molecule has 0 bridgehead atoms. The van der Waals surface area contributed by atoms with Gasteiger partial charge in [0.1, 0.15) is 0 Å². The Morgan fingerprint density at radius 2 is 2.00 bits per heavy atom. The first-order chi connectivity index (χ1) is 8.72. The van der Waals surface area contributed by atoms with Crippen LogP contribution in [0.3, 0.4) is 0 Å². The van der Waals surface area contributed by atoms with Crippen molar-refractivity contribution in [1.29, 1.82) is 0 Å². The largest absolute Gasteiger partial charge is 0.310 e. The summed E-state index contributed by atoms with van der Waals surface area (Å²) in [6.07, 6.45) is 2.41. The quantitative estimate of drug-likeness (QED) is 0.732. The third-order valence-electron chi connectivity index (χ3n) is 3.54. The van der Waals surface area contributed by atoms with Crippen molar-refractivity contribution in [3.05, 3.63) is 21.9 Å². The molecule has 1 atom stereocenters. The lowest BCUT2D eigenvalue weighted by molar-refractivity contribution is 0.281. The minimum absolute atomic E-state index is 0.525. The number of aryl methyl sites for hydroxylation is 1. The zero-order valence-corrected chi connectivity index (χ0v) is 13.1.